The maximum absolute atomic E-state index is 12.7. The van der Waals surface area contributed by atoms with Crippen molar-refractivity contribution in [3.63, 3.8) is 0 Å². The summed E-state index contributed by atoms with van der Waals surface area (Å²) in [7, 11) is 0. The Hall–Kier alpha value is -2.04. The van der Waals surface area contributed by atoms with Crippen LogP contribution in [0.5, 0.6) is 0 Å². The Morgan fingerprint density at radius 3 is 2.50 bits per heavy atom. The van der Waals surface area contributed by atoms with Crippen molar-refractivity contribution >= 4 is 40.7 Å². The van der Waals surface area contributed by atoms with Crippen LogP contribution in [0.25, 0.3) is 0 Å². The molecule has 1 fully saturated rings. The van der Waals surface area contributed by atoms with Crippen LogP contribution in [-0.2, 0) is 4.79 Å². The van der Waals surface area contributed by atoms with E-state index in [0.29, 0.717) is 34.4 Å². The highest BCUT2D eigenvalue weighted by molar-refractivity contribution is 6.31. The molecule has 1 atom stereocenters. The smallest absolute Gasteiger partial charge is 0.253 e. The topological polar surface area (TPSA) is 49.4 Å². The summed E-state index contributed by atoms with van der Waals surface area (Å²) in [5, 5.41) is 4.12. The van der Waals surface area contributed by atoms with E-state index in [9.17, 15) is 9.59 Å². The summed E-state index contributed by atoms with van der Waals surface area (Å²) in [6, 6.07) is 12.2. The van der Waals surface area contributed by atoms with E-state index < -0.39 is 0 Å². The molecule has 1 heterocycles. The summed E-state index contributed by atoms with van der Waals surface area (Å²) in [5.74, 6) is -0.388. The number of anilines is 1. The van der Waals surface area contributed by atoms with Crippen molar-refractivity contribution in [1.82, 2.24) is 4.90 Å². The lowest BCUT2D eigenvalue weighted by Crippen LogP contribution is -2.43. The average molecular weight is 391 g/mol. The van der Waals surface area contributed by atoms with Gasteiger partial charge in [-0.15, -0.1) is 0 Å². The number of hydrogen-bond acceptors (Lipinski definition) is 2. The molecule has 0 unspecified atom stereocenters. The van der Waals surface area contributed by atoms with E-state index in [-0.39, 0.29) is 17.7 Å². The Kier molecular flexibility index (Phi) is 5.84. The quantitative estimate of drug-likeness (QED) is 0.818. The Morgan fingerprint density at radius 2 is 1.77 bits per heavy atom. The molecule has 1 N–H and O–H groups in total. The minimum Gasteiger partial charge on any atom is -0.338 e. The Morgan fingerprint density at radius 1 is 1.08 bits per heavy atom. The second-order valence-electron chi connectivity index (χ2n) is 6.55. The van der Waals surface area contributed by atoms with Crippen molar-refractivity contribution in [3.05, 3.63) is 63.6 Å². The molecule has 0 saturated carbocycles. The fourth-order valence-corrected chi connectivity index (χ4v) is 3.41. The van der Waals surface area contributed by atoms with Gasteiger partial charge in [-0.3, -0.25) is 9.59 Å². The van der Waals surface area contributed by atoms with Gasteiger partial charge in [-0.05, 0) is 61.7 Å². The molecule has 0 aromatic heterocycles. The molecule has 0 aliphatic carbocycles. The van der Waals surface area contributed by atoms with Gasteiger partial charge >= 0.3 is 0 Å². The summed E-state index contributed by atoms with van der Waals surface area (Å²) < 4.78 is 0. The number of rotatable bonds is 3. The zero-order chi connectivity index (χ0) is 18.7. The number of aryl methyl sites for hydroxylation is 1. The van der Waals surface area contributed by atoms with Crippen molar-refractivity contribution in [2.75, 3.05) is 18.4 Å². The zero-order valence-electron chi connectivity index (χ0n) is 14.5. The third-order valence-electron chi connectivity index (χ3n) is 4.63. The van der Waals surface area contributed by atoms with E-state index in [1.807, 2.05) is 13.0 Å². The Bertz CT molecular complexity index is 821. The van der Waals surface area contributed by atoms with Crippen LogP contribution in [0.4, 0.5) is 5.69 Å². The van der Waals surface area contributed by atoms with E-state index in [2.05, 4.69) is 5.32 Å². The SMILES string of the molecule is Cc1ccc(Cl)cc1NC(=O)[C@H]1CCCN(C(=O)c2ccc(Cl)cc2)C1. The molecule has 26 heavy (non-hydrogen) atoms. The maximum Gasteiger partial charge on any atom is 0.253 e. The van der Waals surface area contributed by atoms with Gasteiger partial charge in [0, 0.05) is 34.4 Å². The van der Waals surface area contributed by atoms with Crippen LogP contribution in [0.2, 0.25) is 10.0 Å². The van der Waals surface area contributed by atoms with Gasteiger partial charge in [-0.1, -0.05) is 29.3 Å². The zero-order valence-corrected chi connectivity index (χ0v) is 16.0. The van der Waals surface area contributed by atoms with Crippen molar-refractivity contribution in [3.8, 4) is 0 Å². The average Bonchev–Trinajstić information content (AvgIpc) is 2.65. The summed E-state index contributed by atoms with van der Waals surface area (Å²) in [6.07, 6.45) is 1.56. The van der Waals surface area contributed by atoms with Gasteiger partial charge in [0.05, 0.1) is 5.92 Å². The molecule has 3 rings (SSSR count). The van der Waals surface area contributed by atoms with Crippen LogP contribution in [0.3, 0.4) is 0 Å². The fourth-order valence-electron chi connectivity index (χ4n) is 3.11. The van der Waals surface area contributed by atoms with Crippen LogP contribution < -0.4 is 5.32 Å². The van der Waals surface area contributed by atoms with Crippen molar-refractivity contribution in [1.29, 1.82) is 0 Å². The van der Waals surface area contributed by atoms with E-state index in [1.165, 1.54) is 0 Å². The maximum atomic E-state index is 12.7. The van der Waals surface area contributed by atoms with Crippen LogP contribution in [0.1, 0.15) is 28.8 Å². The number of carbonyl (C=O) groups excluding carboxylic acids is 2. The monoisotopic (exact) mass is 390 g/mol. The van der Waals surface area contributed by atoms with Gasteiger partial charge in [0.2, 0.25) is 5.91 Å². The molecule has 0 radical (unpaired) electrons. The molecule has 0 bridgehead atoms. The highest BCUT2D eigenvalue weighted by atomic mass is 35.5. The van der Waals surface area contributed by atoms with Gasteiger partial charge in [0.1, 0.15) is 0 Å². The molecule has 2 aromatic rings. The van der Waals surface area contributed by atoms with Gasteiger partial charge in [0.25, 0.3) is 5.91 Å². The minimum absolute atomic E-state index is 0.0712. The lowest BCUT2D eigenvalue weighted by Gasteiger charge is -2.32. The van der Waals surface area contributed by atoms with Crippen molar-refractivity contribution in [2.24, 2.45) is 5.92 Å². The molecule has 0 spiro atoms. The summed E-state index contributed by atoms with van der Waals surface area (Å²) in [4.78, 5) is 27.1. The second-order valence-corrected chi connectivity index (χ2v) is 7.42. The number of hydrogen-bond donors (Lipinski definition) is 1. The number of nitrogens with one attached hydrogen (secondary N) is 1. The number of likely N-dealkylation sites (tertiary alicyclic amines) is 1. The molecule has 6 heteroatoms. The van der Waals surface area contributed by atoms with Crippen LogP contribution in [-0.4, -0.2) is 29.8 Å². The lowest BCUT2D eigenvalue weighted by atomic mass is 9.96. The standard InChI is InChI=1S/C20H20Cl2N2O2/c1-13-4-7-17(22)11-18(13)23-19(25)15-3-2-10-24(12-15)20(26)14-5-8-16(21)9-6-14/h4-9,11,15H,2-3,10,12H2,1H3,(H,23,25)/t15-/m0/s1. The lowest BCUT2D eigenvalue weighted by molar-refractivity contribution is -0.121. The van der Waals surface area contributed by atoms with Crippen LogP contribution in [0.15, 0.2) is 42.5 Å². The third kappa shape index (κ3) is 4.37. The molecule has 1 aliphatic rings. The van der Waals surface area contributed by atoms with Crippen LogP contribution >= 0.6 is 23.2 Å². The molecule has 1 aliphatic heterocycles. The number of carbonyl (C=O) groups is 2. The van der Waals surface area contributed by atoms with Gasteiger partial charge in [-0.2, -0.15) is 0 Å². The minimum atomic E-state index is -0.238. The first-order valence-electron chi connectivity index (χ1n) is 8.56. The van der Waals surface area contributed by atoms with Crippen molar-refractivity contribution < 1.29 is 9.59 Å². The molecule has 136 valence electrons. The predicted molar refractivity (Wildman–Crippen MR) is 105 cm³/mol. The number of nitrogens with zero attached hydrogens (tertiary/aromatic N) is 1. The summed E-state index contributed by atoms with van der Waals surface area (Å²) in [5.41, 5.74) is 2.25. The van der Waals surface area contributed by atoms with Gasteiger partial charge in [-0.25, -0.2) is 0 Å². The number of halogens is 2. The fraction of sp³-hybridized carbons (Fsp3) is 0.300. The van der Waals surface area contributed by atoms with Gasteiger partial charge < -0.3 is 10.2 Å². The second kappa shape index (κ2) is 8.11. The van der Waals surface area contributed by atoms with E-state index >= 15 is 0 Å². The first-order chi connectivity index (χ1) is 12.4. The Labute approximate surface area is 163 Å². The van der Waals surface area contributed by atoms with Crippen molar-refractivity contribution in [2.45, 2.75) is 19.8 Å². The number of amides is 2. The third-order valence-corrected chi connectivity index (χ3v) is 5.12. The van der Waals surface area contributed by atoms with E-state index in [4.69, 9.17) is 23.2 Å². The van der Waals surface area contributed by atoms with Gasteiger partial charge in [0.15, 0.2) is 0 Å². The normalized spacial score (nSPS) is 17.0. The molecular weight excluding hydrogens is 371 g/mol. The first kappa shape index (κ1) is 18.7. The predicted octanol–water partition coefficient (Wildman–Crippen LogP) is 4.79. The van der Waals surface area contributed by atoms with E-state index in [0.717, 1.165) is 18.4 Å². The Balaban J connectivity index is 1.67. The molecule has 4 nitrogen and oxygen atoms in total. The molecule has 1 saturated heterocycles. The molecule has 2 amide bonds. The summed E-state index contributed by atoms with van der Waals surface area (Å²) in [6.45, 7) is 2.98. The molecular formula is C20H20Cl2N2O2. The highest BCUT2D eigenvalue weighted by Crippen LogP contribution is 2.24. The number of piperidine rings is 1. The highest BCUT2D eigenvalue weighted by Gasteiger charge is 2.29. The number of benzene rings is 2. The first-order valence-corrected chi connectivity index (χ1v) is 9.31. The van der Waals surface area contributed by atoms with Crippen LogP contribution in [0, 0.1) is 12.8 Å². The van der Waals surface area contributed by atoms with E-state index in [1.54, 1.807) is 41.3 Å². The largest absolute Gasteiger partial charge is 0.338 e. The summed E-state index contributed by atoms with van der Waals surface area (Å²) >= 11 is 11.9. The molecule has 2 aromatic carbocycles.